The Morgan fingerprint density at radius 1 is 0.542 bits per heavy atom. The van der Waals surface area contributed by atoms with E-state index in [1.165, 1.54) is 66.7 Å². The molecule has 3 aromatic carbocycles. The summed E-state index contributed by atoms with van der Waals surface area (Å²) < 4.78 is 52.0. The smallest absolute Gasteiger partial charge is 0.305 e. The molecule has 0 N–H and O–H groups in total. The number of benzene rings is 3. The average Bonchev–Trinajstić information content (AvgIpc) is 2.95. The highest BCUT2D eigenvalue weighted by Gasteiger charge is 2.45. The fourth-order valence-corrected chi connectivity index (χ4v) is 2.72. The highest BCUT2D eigenvalue weighted by Crippen LogP contribution is 2.47. The third kappa shape index (κ3) is 2.29. The van der Waals surface area contributed by atoms with Crippen molar-refractivity contribution >= 4 is 0 Å². The Labute approximate surface area is 136 Å². The van der Waals surface area contributed by atoms with Gasteiger partial charge in [-0.2, -0.15) is 0 Å². The quantitative estimate of drug-likeness (QED) is 0.674. The van der Waals surface area contributed by atoms with Gasteiger partial charge in [0.15, 0.2) is 11.5 Å². The van der Waals surface area contributed by atoms with Crippen LogP contribution in [0.25, 0.3) is 0 Å². The molecule has 0 radical (unpaired) electrons. The first-order valence-electron chi connectivity index (χ1n) is 7.26. The van der Waals surface area contributed by atoms with Crippen LogP contribution in [-0.2, 0) is 5.79 Å². The first-order chi connectivity index (χ1) is 11.6. The summed E-state index contributed by atoms with van der Waals surface area (Å²) in [5, 5.41) is 0. The van der Waals surface area contributed by atoms with E-state index >= 15 is 0 Å². The molecule has 1 aliphatic rings. The molecule has 120 valence electrons. The Hall–Kier alpha value is -2.95. The fraction of sp³-hybridized carbons (Fsp3) is 0.0526. The van der Waals surface area contributed by atoms with Crippen LogP contribution in [0.2, 0.25) is 0 Å². The molecule has 0 bridgehead atoms. The Bertz CT molecular complexity index is 844. The molecular formula is C19H11F3O2. The molecular weight excluding hydrogens is 317 g/mol. The molecule has 4 rings (SSSR count). The van der Waals surface area contributed by atoms with Crippen molar-refractivity contribution in [3.05, 3.63) is 95.3 Å². The number of fused-ring (bicyclic) bond motifs is 1. The summed E-state index contributed by atoms with van der Waals surface area (Å²) in [6, 6.07) is 15.1. The molecule has 0 fully saturated rings. The zero-order chi connectivity index (χ0) is 16.7. The topological polar surface area (TPSA) is 18.5 Å². The number of hydrogen-bond donors (Lipinski definition) is 0. The third-order valence-electron chi connectivity index (χ3n) is 3.86. The van der Waals surface area contributed by atoms with Crippen LogP contribution in [0.1, 0.15) is 11.1 Å². The van der Waals surface area contributed by atoms with E-state index in [4.69, 9.17) is 9.47 Å². The molecule has 0 amide bonds. The lowest BCUT2D eigenvalue weighted by Crippen LogP contribution is -2.36. The summed E-state index contributed by atoms with van der Waals surface area (Å²) in [4.78, 5) is 0. The predicted octanol–water partition coefficient (Wildman–Crippen LogP) is 4.78. The van der Waals surface area contributed by atoms with E-state index in [0.29, 0.717) is 16.9 Å². The standard InChI is InChI=1S/C19H11F3O2/c20-14-5-1-12(2-6-14)19(13-3-7-15(21)8-4-13)23-17-10-9-16(22)11-18(17)24-19/h1-11H. The van der Waals surface area contributed by atoms with Crippen LogP contribution in [0.3, 0.4) is 0 Å². The van der Waals surface area contributed by atoms with E-state index in [1.807, 2.05) is 0 Å². The highest BCUT2D eigenvalue weighted by atomic mass is 19.1. The van der Waals surface area contributed by atoms with Crippen LogP contribution in [0.4, 0.5) is 13.2 Å². The normalized spacial score (nSPS) is 14.6. The Morgan fingerprint density at radius 2 is 1.00 bits per heavy atom. The lowest BCUT2D eigenvalue weighted by molar-refractivity contribution is -0.0460. The molecule has 3 aromatic rings. The van der Waals surface area contributed by atoms with Gasteiger partial charge in [-0.1, -0.05) is 0 Å². The van der Waals surface area contributed by atoms with Crippen LogP contribution in [0.5, 0.6) is 11.5 Å². The van der Waals surface area contributed by atoms with E-state index in [1.54, 1.807) is 0 Å². The Morgan fingerprint density at radius 3 is 1.54 bits per heavy atom. The average molecular weight is 328 g/mol. The summed E-state index contributed by atoms with van der Waals surface area (Å²) in [6.45, 7) is 0. The number of halogens is 3. The maximum Gasteiger partial charge on any atom is 0.305 e. The lowest BCUT2D eigenvalue weighted by atomic mass is 9.97. The molecule has 1 aliphatic heterocycles. The van der Waals surface area contributed by atoms with Crippen molar-refractivity contribution < 1.29 is 22.6 Å². The SMILES string of the molecule is Fc1ccc(C2(c3ccc(F)cc3)Oc3ccc(F)cc3O2)cc1. The van der Waals surface area contributed by atoms with Gasteiger partial charge in [-0.3, -0.25) is 0 Å². The molecule has 5 heteroatoms. The lowest BCUT2D eigenvalue weighted by Gasteiger charge is -2.28. The molecule has 0 spiro atoms. The summed E-state index contributed by atoms with van der Waals surface area (Å²) >= 11 is 0. The first-order valence-corrected chi connectivity index (χ1v) is 7.26. The molecule has 0 aliphatic carbocycles. The molecule has 0 atom stereocenters. The maximum atomic E-state index is 13.5. The van der Waals surface area contributed by atoms with Crippen molar-refractivity contribution in [2.24, 2.45) is 0 Å². The molecule has 0 saturated carbocycles. The van der Waals surface area contributed by atoms with Crippen molar-refractivity contribution in [1.82, 2.24) is 0 Å². The molecule has 1 heterocycles. The van der Waals surface area contributed by atoms with E-state index in [0.717, 1.165) is 0 Å². The van der Waals surface area contributed by atoms with Gasteiger partial charge in [0.2, 0.25) is 0 Å². The van der Waals surface area contributed by atoms with Crippen LogP contribution in [-0.4, -0.2) is 0 Å². The highest BCUT2D eigenvalue weighted by molar-refractivity contribution is 5.49. The second-order valence-electron chi connectivity index (χ2n) is 5.43. The van der Waals surface area contributed by atoms with E-state index in [2.05, 4.69) is 0 Å². The van der Waals surface area contributed by atoms with Gasteiger partial charge in [-0.15, -0.1) is 0 Å². The Balaban J connectivity index is 1.88. The zero-order valence-corrected chi connectivity index (χ0v) is 12.3. The fourth-order valence-electron chi connectivity index (χ4n) is 2.72. The predicted molar refractivity (Wildman–Crippen MR) is 81.2 cm³/mol. The van der Waals surface area contributed by atoms with Crippen molar-refractivity contribution in [2.45, 2.75) is 5.79 Å². The van der Waals surface area contributed by atoms with Crippen LogP contribution >= 0.6 is 0 Å². The monoisotopic (exact) mass is 328 g/mol. The second-order valence-corrected chi connectivity index (χ2v) is 5.43. The van der Waals surface area contributed by atoms with Crippen LogP contribution < -0.4 is 9.47 Å². The summed E-state index contributed by atoms with van der Waals surface area (Å²) in [6.07, 6.45) is 0. The van der Waals surface area contributed by atoms with Crippen molar-refractivity contribution in [2.75, 3.05) is 0 Å². The largest absolute Gasteiger partial charge is 0.440 e. The maximum absolute atomic E-state index is 13.5. The Kier molecular flexibility index (Phi) is 3.23. The summed E-state index contributed by atoms with van der Waals surface area (Å²) in [5.74, 6) is -2.14. The van der Waals surface area contributed by atoms with Crippen LogP contribution in [0, 0.1) is 17.5 Å². The van der Waals surface area contributed by atoms with Gasteiger partial charge in [-0.05, 0) is 60.7 Å². The van der Waals surface area contributed by atoms with E-state index in [-0.39, 0.29) is 5.75 Å². The first kappa shape index (κ1) is 14.6. The molecule has 2 nitrogen and oxygen atoms in total. The number of rotatable bonds is 2. The van der Waals surface area contributed by atoms with Gasteiger partial charge in [0.25, 0.3) is 0 Å². The minimum atomic E-state index is -1.43. The molecule has 0 aromatic heterocycles. The number of hydrogen-bond acceptors (Lipinski definition) is 2. The van der Waals surface area contributed by atoms with Gasteiger partial charge in [0.05, 0.1) is 0 Å². The minimum absolute atomic E-state index is 0.226. The van der Waals surface area contributed by atoms with Crippen molar-refractivity contribution in [3.63, 3.8) is 0 Å². The summed E-state index contributed by atoms with van der Waals surface area (Å²) in [5.41, 5.74) is 1.01. The minimum Gasteiger partial charge on any atom is -0.440 e. The van der Waals surface area contributed by atoms with Gasteiger partial charge >= 0.3 is 5.79 Å². The van der Waals surface area contributed by atoms with Crippen molar-refractivity contribution in [1.29, 1.82) is 0 Å². The van der Waals surface area contributed by atoms with Crippen LogP contribution in [0.15, 0.2) is 66.7 Å². The zero-order valence-electron chi connectivity index (χ0n) is 12.3. The molecule has 0 unspecified atom stereocenters. The molecule has 24 heavy (non-hydrogen) atoms. The second kappa shape index (κ2) is 5.30. The van der Waals surface area contributed by atoms with Gasteiger partial charge < -0.3 is 9.47 Å². The number of ether oxygens (including phenoxy) is 2. The van der Waals surface area contributed by atoms with E-state index < -0.39 is 23.2 Å². The van der Waals surface area contributed by atoms with Gasteiger partial charge in [0.1, 0.15) is 17.5 Å². The molecule has 0 saturated heterocycles. The third-order valence-corrected chi connectivity index (χ3v) is 3.86. The van der Waals surface area contributed by atoms with Crippen molar-refractivity contribution in [3.8, 4) is 11.5 Å². The summed E-state index contributed by atoms with van der Waals surface area (Å²) in [7, 11) is 0. The van der Waals surface area contributed by atoms with Gasteiger partial charge in [0, 0.05) is 17.2 Å². The van der Waals surface area contributed by atoms with E-state index in [9.17, 15) is 13.2 Å². The van der Waals surface area contributed by atoms with Gasteiger partial charge in [-0.25, -0.2) is 13.2 Å².